The van der Waals surface area contributed by atoms with Crippen molar-refractivity contribution in [2.45, 2.75) is 26.2 Å². The van der Waals surface area contributed by atoms with Crippen LogP contribution in [0.2, 0.25) is 0 Å². The number of alkyl halides is 1. The minimum atomic E-state index is -0.145. The molecule has 8 heavy (non-hydrogen) atoms. The molecule has 0 unspecified atom stereocenters. The third kappa shape index (κ3) is 16.9. The van der Waals surface area contributed by atoms with Crippen LogP contribution in [-0.4, -0.2) is 18.9 Å². The van der Waals surface area contributed by atoms with E-state index in [1.54, 1.807) is 0 Å². The fraction of sp³-hybridized carbons (Fsp3) is 1.00. The molecule has 0 aliphatic heterocycles. The minimum Gasteiger partial charge on any atom is -0.400 e. The Kier molecular flexibility index (Phi) is 21.3. The van der Waals surface area contributed by atoms with E-state index in [1.165, 1.54) is 0 Å². The lowest BCUT2D eigenvalue weighted by molar-refractivity contribution is 0.399. The van der Waals surface area contributed by atoms with Gasteiger partial charge in [0.15, 0.2) is 0 Å². The summed E-state index contributed by atoms with van der Waals surface area (Å²) in [6, 6.07) is 0. The van der Waals surface area contributed by atoms with E-state index < -0.39 is 0 Å². The molecule has 0 amide bonds. The molecule has 0 bridgehead atoms. The average Bonchev–Trinajstić information content (AvgIpc) is 1.88. The van der Waals surface area contributed by atoms with Crippen LogP contribution in [0.4, 0.5) is 4.39 Å². The smallest absolute Gasteiger partial charge is 0.0894 e. The fourth-order valence-electron chi connectivity index (χ4n) is 0.344. The van der Waals surface area contributed by atoms with Crippen LogP contribution >= 0.6 is 0 Å². The first-order valence-corrected chi connectivity index (χ1v) is 2.92. The molecule has 0 heterocycles. The molecule has 0 spiro atoms. The van der Waals surface area contributed by atoms with Crippen LogP contribution in [0, 0.1) is 0 Å². The third-order valence-electron chi connectivity index (χ3n) is 0.737. The number of rotatable bonds is 3. The molecule has 0 radical (unpaired) electrons. The van der Waals surface area contributed by atoms with Crippen LogP contribution in [0.1, 0.15) is 26.2 Å². The lowest BCUT2D eigenvalue weighted by Crippen LogP contribution is -1.72. The topological polar surface area (TPSA) is 20.2 Å². The second-order valence-corrected chi connectivity index (χ2v) is 1.40. The zero-order valence-corrected chi connectivity index (χ0v) is 5.65. The van der Waals surface area contributed by atoms with E-state index in [1.807, 2.05) is 0 Å². The maximum atomic E-state index is 11.2. The predicted octanol–water partition coefficient (Wildman–Crippen LogP) is 1.75. The molecular weight excluding hydrogens is 107 g/mol. The quantitative estimate of drug-likeness (QED) is 0.565. The van der Waals surface area contributed by atoms with Crippen molar-refractivity contribution in [3.8, 4) is 0 Å². The summed E-state index contributed by atoms with van der Waals surface area (Å²) >= 11 is 0. The fourth-order valence-corrected chi connectivity index (χ4v) is 0.344. The summed E-state index contributed by atoms with van der Waals surface area (Å²) in [5.41, 5.74) is 0. The Balaban J connectivity index is 0. The standard InChI is InChI=1S/C5H11F.CH4O/c1-2-3-4-5-6;1-2/h2-5H2,1H3;2H,1H3. The van der Waals surface area contributed by atoms with Gasteiger partial charge < -0.3 is 5.11 Å². The summed E-state index contributed by atoms with van der Waals surface area (Å²) in [6.07, 6.45) is 2.90. The lowest BCUT2D eigenvalue weighted by atomic mass is 10.3. The van der Waals surface area contributed by atoms with Crippen molar-refractivity contribution >= 4 is 0 Å². The van der Waals surface area contributed by atoms with Gasteiger partial charge in [-0.2, -0.15) is 0 Å². The van der Waals surface area contributed by atoms with Gasteiger partial charge in [-0.05, 0) is 6.42 Å². The molecule has 2 heteroatoms. The first kappa shape index (κ1) is 10.8. The van der Waals surface area contributed by atoms with Crippen LogP contribution < -0.4 is 0 Å². The maximum Gasteiger partial charge on any atom is 0.0894 e. The maximum absolute atomic E-state index is 11.2. The Labute approximate surface area is 50.5 Å². The predicted molar refractivity (Wildman–Crippen MR) is 33.6 cm³/mol. The van der Waals surface area contributed by atoms with E-state index in [4.69, 9.17) is 5.11 Å². The molecule has 1 N–H and O–H groups in total. The van der Waals surface area contributed by atoms with Crippen LogP contribution in [0.15, 0.2) is 0 Å². The van der Waals surface area contributed by atoms with Crippen LogP contribution in [0.25, 0.3) is 0 Å². The van der Waals surface area contributed by atoms with E-state index in [-0.39, 0.29) is 6.67 Å². The van der Waals surface area contributed by atoms with Gasteiger partial charge in [-0.15, -0.1) is 0 Å². The summed E-state index contributed by atoms with van der Waals surface area (Å²) in [4.78, 5) is 0. The highest BCUT2D eigenvalue weighted by atomic mass is 19.1. The van der Waals surface area contributed by atoms with Crippen molar-refractivity contribution < 1.29 is 9.50 Å². The Bertz CT molecular complexity index is 20.5. The zero-order valence-electron chi connectivity index (χ0n) is 5.65. The highest BCUT2D eigenvalue weighted by molar-refractivity contribution is 4.31. The number of hydrogen-bond acceptors (Lipinski definition) is 1. The van der Waals surface area contributed by atoms with Gasteiger partial charge in [0, 0.05) is 7.11 Å². The van der Waals surface area contributed by atoms with E-state index in [0.29, 0.717) is 0 Å². The number of unbranched alkanes of at least 4 members (excludes halogenated alkanes) is 2. The van der Waals surface area contributed by atoms with Gasteiger partial charge in [0.25, 0.3) is 0 Å². The minimum absolute atomic E-state index is 0.145. The van der Waals surface area contributed by atoms with Crippen LogP contribution in [-0.2, 0) is 0 Å². The molecular formula is C6H15FO. The van der Waals surface area contributed by atoms with E-state index in [0.717, 1.165) is 26.4 Å². The molecule has 52 valence electrons. The number of hydrogen-bond donors (Lipinski definition) is 1. The summed E-state index contributed by atoms with van der Waals surface area (Å²) in [5, 5.41) is 7.00. The summed E-state index contributed by atoms with van der Waals surface area (Å²) in [6.45, 7) is 1.92. The molecule has 0 saturated carbocycles. The van der Waals surface area contributed by atoms with Gasteiger partial charge in [0.05, 0.1) is 6.67 Å². The largest absolute Gasteiger partial charge is 0.400 e. The Hall–Kier alpha value is -0.110. The molecule has 0 aromatic rings. The van der Waals surface area contributed by atoms with Crippen molar-refractivity contribution in [2.24, 2.45) is 0 Å². The Morgan fingerprint density at radius 3 is 1.88 bits per heavy atom. The average molecular weight is 122 g/mol. The molecule has 0 aromatic carbocycles. The highest BCUT2D eigenvalue weighted by Gasteiger charge is 1.78. The third-order valence-corrected chi connectivity index (χ3v) is 0.737. The number of halogens is 1. The van der Waals surface area contributed by atoms with Gasteiger partial charge >= 0.3 is 0 Å². The van der Waals surface area contributed by atoms with Crippen molar-refractivity contribution in [3.63, 3.8) is 0 Å². The monoisotopic (exact) mass is 122 g/mol. The van der Waals surface area contributed by atoms with E-state index in [2.05, 4.69) is 6.92 Å². The van der Waals surface area contributed by atoms with Crippen LogP contribution in [0.5, 0.6) is 0 Å². The molecule has 0 aliphatic carbocycles. The molecule has 0 aromatic heterocycles. The second-order valence-electron chi connectivity index (χ2n) is 1.40. The van der Waals surface area contributed by atoms with Gasteiger partial charge in [0.1, 0.15) is 0 Å². The highest BCUT2D eigenvalue weighted by Crippen LogP contribution is 1.91. The van der Waals surface area contributed by atoms with Crippen molar-refractivity contribution in [1.82, 2.24) is 0 Å². The number of aliphatic hydroxyl groups excluding tert-OH is 1. The summed E-state index contributed by atoms with van der Waals surface area (Å²) in [7, 11) is 1.00. The molecule has 0 rings (SSSR count). The first-order chi connectivity index (χ1) is 3.91. The van der Waals surface area contributed by atoms with Crippen LogP contribution in [0.3, 0.4) is 0 Å². The molecule has 0 saturated heterocycles. The molecule has 1 nitrogen and oxygen atoms in total. The van der Waals surface area contributed by atoms with Gasteiger partial charge in [-0.3, -0.25) is 4.39 Å². The van der Waals surface area contributed by atoms with Crippen molar-refractivity contribution in [3.05, 3.63) is 0 Å². The van der Waals surface area contributed by atoms with Crippen molar-refractivity contribution in [1.29, 1.82) is 0 Å². The second kappa shape index (κ2) is 15.8. The normalized spacial score (nSPS) is 7.50. The summed E-state index contributed by atoms with van der Waals surface area (Å²) in [5.74, 6) is 0. The van der Waals surface area contributed by atoms with Gasteiger partial charge in [-0.25, -0.2) is 0 Å². The van der Waals surface area contributed by atoms with E-state index in [9.17, 15) is 4.39 Å². The first-order valence-electron chi connectivity index (χ1n) is 2.92. The molecule has 0 atom stereocenters. The summed E-state index contributed by atoms with van der Waals surface area (Å²) < 4.78 is 11.2. The lowest BCUT2D eigenvalue weighted by Gasteiger charge is -1.84. The van der Waals surface area contributed by atoms with Gasteiger partial charge in [-0.1, -0.05) is 19.8 Å². The molecule has 0 fully saturated rings. The van der Waals surface area contributed by atoms with Gasteiger partial charge in [0.2, 0.25) is 0 Å². The SMILES string of the molecule is CCCCCF.CO. The molecule has 0 aliphatic rings. The Morgan fingerprint density at radius 1 is 1.25 bits per heavy atom. The van der Waals surface area contributed by atoms with E-state index >= 15 is 0 Å². The van der Waals surface area contributed by atoms with Crippen molar-refractivity contribution in [2.75, 3.05) is 13.8 Å². The zero-order chi connectivity index (χ0) is 6.83. The number of aliphatic hydroxyl groups is 1. The Morgan fingerprint density at radius 2 is 1.75 bits per heavy atom.